The lowest BCUT2D eigenvalue weighted by Gasteiger charge is -2.43. The van der Waals surface area contributed by atoms with Crippen LogP contribution in [0.5, 0.6) is 0 Å². The monoisotopic (exact) mass is 568 g/mol. The van der Waals surface area contributed by atoms with Gasteiger partial charge in [0.25, 0.3) is 0 Å². The number of hydrogen-bond acceptors (Lipinski definition) is 3. The largest absolute Gasteiger partial charge is 0.357 e. The Hall–Kier alpha value is -1.68. The number of nitrogens with one attached hydrogen (secondary N) is 2. The first kappa shape index (κ1) is 22.0. The smallest absolute Gasteiger partial charge is 0.191 e. The summed E-state index contributed by atoms with van der Waals surface area (Å²) in [7, 11) is 0. The first-order valence-corrected chi connectivity index (χ1v) is 10.6. The number of fused-ring (bicyclic) bond motifs is 1. The van der Waals surface area contributed by atoms with Crippen molar-refractivity contribution in [2.45, 2.75) is 38.1 Å². The molecule has 0 saturated heterocycles. The van der Waals surface area contributed by atoms with Crippen LogP contribution in [-0.2, 0) is 12.0 Å². The molecule has 1 aromatic carbocycles. The molecule has 1 aliphatic carbocycles. The fourth-order valence-corrected chi connectivity index (χ4v) is 4.13. The van der Waals surface area contributed by atoms with Crippen LogP contribution < -0.4 is 10.6 Å². The number of benzene rings is 1. The van der Waals surface area contributed by atoms with E-state index < -0.39 is 0 Å². The molecule has 1 fully saturated rings. The van der Waals surface area contributed by atoms with Gasteiger partial charge >= 0.3 is 0 Å². The quantitative estimate of drug-likeness (QED) is 0.264. The van der Waals surface area contributed by atoms with Gasteiger partial charge in [-0.05, 0) is 49.6 Å². The lowest BCUT2D eigenvalue weighted by Crippen LogP contribution is -2.49. The van der Waals surface area contributed by atoms with Crippen LogP contribution in [0.4, 0.5) is 0 Å². The van der Waals surface area contributed by atoms with Crippen molar-refractivity contribution in [3.63, 3.8) is 0 Å². The molecule has 0 aliphatic heterocycles. The summed E-state index contributed by atoms with van der Waals surface area (Å²) < 4.78 is 3.11. The van der Waals surface area contributed by atoms with Crippen molar-refractivity contribution in [3.8, 4) is 0 Å². The van der Waals surface area contributed by atoms with Crippen molar-refractivity contribution in [1.82, 2.24) is 25.2 Å². The van der Waals surface area contributed by atoms with E-state index in [2.05, 4.69) is 68.0 Å². The normalized spacial score (nSPS) is 15.4. The van der Waals surface area contributed by atoms with Crippen LogP contribution in [0.2, 0.25) is 0 Å². The highest BCUT2D eigenvalue weighted by Gasteiger charge is 2.38. The van der Waals surface area contributed by atoms with Crippen LogP contribution in [0.1, 0.15) is 37.6 Å². The SMILES string of the molecule is CCNC(=NCc1nnc2ccccn12)NCC1(c2cccc(Br)c2)CCC1.I. The average Bonchev–Trinajstić information content (AvgIpc) is 3.08. The molecule has 0 radical (unpaired) electrons. The summed E-state index contributed by atoms with van der Waals surface area (Å²) >= 11 is 3.61. The number of nitrogens with zero attached hydrogens (tertiary/aromatic N) is 4. The Morgan fingerprint density at radius 2 is 2.03 bits per heavy atom. The molecule has 3 aromatic rings. The maximum atomic E-state index is 4.74. The molecule has 154 valence electrons. The molecule has 1 aliphatic rings. The number of guanidine groups is 1. The van der Waals surface area contributed by atoms with Crippen molar-refractivity contribution in [3.05, 3.63) is 64.5 Å². The topological polar surface area (TPSA) is 66.6 Å². The van der Waals surface area contributed by atoms with Crippen LogP contribution in [0.15, 0.2) is 58.1 Å². The van der Waals surface area contributed by atoms with Crippen LogP contribution in [0, 0.1) is 0 Å². The second-order valence-electron chi connectivity index (χ2n) is 7.24. The highest BCUT2D eigenvalue weighted by atomic mass is 127. The van der Waals surface area contributed by atoms with E-state index in [0.717, 1.165) is 35.0 Å². The van der Waals surface area contributed by atoms with Gasteiger partial charge in [0.05, 0.1) is 0 Å². The molecule has 1 saturated carbocycles. The van der Waals surface area contributed by atoms with Crippen molar-refractivity contribution < 1.29 is 0 Å². The zero-order valence-corrected chi connectivity index (χ0v) is 20.4. The minimum Gasteiger partial charge on any atom is -0.357 e. The molecule has 2 N–H and O–H groups in total. The molecule has 0 spiro atoms. The van der Waals surface area contributed by atoms with E-state index in [1.54, 1.807) is 0 Å². The Bertz CT molecular complexity index is 982. The average molecular weight is 569 g/mol. The molecular weight excluding hydrogens is 543 g/mol. The summed E-state index contributed by atoms with van der Waals surface area (Å²) in [6.07, 6.45) is 5.64. The predicted molar refractivity (Wildman–Crippen MR) is 131 cm³/mol. The second kappa shape index (κ2) is 9.88. The van der Waals surface area contributed by atoms with Gasteiger partial charge in [-0.3, -0.25) is 4.40 Å². The van der Waals surface area contributed by atoms with E-state index in [1.807, 2.05) is 28.8 Å². The summed E-state index contributed by atoms with van der Waals surface area (Å²) in [4.78, 5) is 4.74. The summed E-state index contributed by atoms with van der Waals surface area (Å²) in [5.74, 6) is 1.65. The first-order valence-electron chi connectivity index (χ1n) is 9.77. The Morgan fingerprint density at radius 3 is 2.76 bits per heavy atom. The van der Waals surface area contributed by atoms with Gasteiger partial charge < -0.3 is 10.6 Å². The maximum Gasteiger partial charge on any atom is 0.191 e. The van der Waals surface area contributed by atoms with E-state index >= 15 is 0 Å². The number of halogens is 2. The van der Waals surface area contributed by atoms with E-state index in [9.17, 15) is 0 Å². The zero-order chi connectivity index (χ0) is 19.4. The van der Waals surface area contributed by atoms with Crippen LogP contribution in [-0.4, -0.2) is 33.6 Å². The first-order chi connectivity index (χ1) is 13.7. The summed E-state index contributed by atoms with van der Waals surface area (Å²) in [6.45, 7) is 4.24. The van der Waals surface area contributed by atoms with Crippen molar-refractivity contribution in [1.29, 1.82) is 0 Å². The molecule has 4 rings (SSSR count). The lowest BCUT2D eigenvalue weighted by atomic mass is 9.64. The minimum absolute atomic E-state index is 0. The Morgan fingerprint density at radius 1 is 1.17 bits per heavy atom. The Labute approximate surface area is 196 Å². The number of hydrogen-bond donors (Lipinski definition) is 2. The van der Waals surface area contributed by atoms with Crippen LogP contribution in [0.3, 0.4) is 0 Å². The number of aliphatic imine (C=N–C) groups is 1. The summed E-state index contributed by atoms with van der Waals surface area (Å²) in [6, 6.07) is 14.6. The van der Waals surface area contributed by atoms with Crippen LogP contribution in [0.25, 0.3) is 5.65 Å². The van der Waals surface area contributed by atoms with Gasteiger partial charge in [-0.25, -0.2) is 4.99 Å². The summed E-state index contributed by atoms with van der Waals surface area (Å²) in [5.41, 5.74) is 2.41. The molecule has 0 unspecified atom stereocenters. The maximum absolute atomic E-state index is 4.74. The predicted octanol–water partition coefficient (Wildman–Crippen LogP) is 4.29. The molecule has 6 nitrogen and oxygen atoms in total. The molecule has 2 aromatic heterocycles. The van der Waals surface area contributed by atoms with Gasteiger partial charge in [-0.15, -0.1) is 34.2 Å². The standard InChI is InChI=1S/C21H25BrN6.HI/c1-2-23-20(24-14-19-27-26-18-9-3-4-12-28(18)19)25-15-21(10-6-11-21)16-7-5-8-17(22)13-16;/h3-5,7-9,12-13H,2,6,10-11,14-15H2,1H3,(H2,23,24,25);1H. The van der Waals surface area contributed by atoms with E-state index in [1.165, 1.54) is 24.8 Å². The minimum atomic E-state index is 0. The molecule has 8 heteroatoms. The highest BCUT2D eigenvalue weighted by Crippen LogP contribution is 2.43. The third-order valence-corrected chi connectivity index (χ3v) is 5.94. The van der Waals surface area contributed by atoms with Gasteiger partial charge in [0.15, 0.2) is 17.4 Å². The van der Waals surface area contributed by atoms with Gasteiger partial charge in [-0.2, -0.15) is 0 Å². The lowest BCUT2D eigenvalue weighted by molar-refractivity contribution is 0.243. The third kappa shape index (κ3) is 4.91. The molecule has 29 heavy (non-hydrogen) atoms. The van der Waals surface area contributed by atoms with E-state index in [4.69, 9.17) is 4.99 Å². The second-order valence-corrected chi connectivity index (χ2v) is 8.15. The van der Waals surface area contributed by atoms with Gasteiger partial charge in [-0.1, -0.05) is 40.5 Å². The number of pyridine rings is 1. The molecule has 0 atom stereocenters. The van der Waals surface area contributed by atoms with Crippen LogP contribution >= 0.6 is 39.9 Å². The highest BCUT2D eigenvalue weighted by molar-refractivity contribution is 14.0. The molecule has 0 amide bonds. The fraction of sp³-hybridized carbons (Fsp3) is 0.381. The molecule has 0 bridgehead atoms. The van der Waals surface area contributed by atoms with E-state index in [0.29, 0.717) is 6.54 Å². The third-order valence-electron chi connectivity index (χ3n) is 5.45. The van der Waals surface area contributed by atoms with Crippen molar-refractivity contribution >= 4 is 51.5 Å². The zero-order valence-electron chi connectivity index (χ0n) is 16.4. The van der Waals surface area contributed by atoms with Gasteiger partial charge in [0, 0.05) is 29.2 Å². The Kier molecular flexibility index (Phi) is 7.50. The fourth-order valence-electron chi connectivity index (χ4n) is 3.73. The Balaban J connectivity index is 0.00000240. The van der Waals surface area contributed by atoms with Gasteiger partial charge in [0.1, 0.15) is 6.54 Å². The van der Waals surface area contributed by atoms with Crippen molar-refractivity contribution in [2.75, 3.05) is 13.1 Å². The van der Waals surface area contributed by atoms with E-state index in [-0.39, 0.29) is 29.4 Å². The molecule has 2 heterocycles. The number of aromatic nitrogens is 3. The van der Waals surface area contributed by atoms with Crippen molar-refractivity contribution in [2.24, 2.45) is 4.99 Å². The van der Waals surface area contributed by atoms with Gasteiger partial charge in [0.2, 0.25) is 0 Å². The molecular formula is C21H26BrIN6. The number of rotatable bonds is 6. The summed E-state index contributed by atoms with van der Waals surface area (Å²) in [5, 5.41) is 15.4.